The van der Waals surface area contributed by atoms with Crippen LogP contribution in [0, 0.1) is 0 Å². The van der Waals surface area contributed by atoms with Crippen molar-refractivity contribution in [3.63, 3.8) is 0 Å². The molecule has 0 aromatic heterocycles. The van der Waals surface area contributed by atoms with Crippen molar-refractivity contribution in [1.29, 1.82) is 0 Å². The van der Waals surface area contributed by atoms with E-state index in [0.29, 0.717) is 0 Å². The monoisotopic (exact) mass is 110 g/mol. The van der Waals surface area contributed by atoms with Crippen LogP contribution in [0.3, 0.4) is 0 Å². The molecule has 0 atom stereocenters. The van der Waals surface area contributed by atoms with Crippen LogP contribution in [0.25, 0.3) is 0 Å². The molecule has 6 heavy (non-hydrogen) atoms. The van der Waals surface area contributed by atoms with Crippen molar-refractivity contribution in [2.75, 3.05) is 14.2 Å². The van der Waals surface area contributed by atoms with E-state index in [1.54, 1.807) is 0 Å². The van der Waals surface area contributed by atoms with Gasteiger partial charge in [0.2, 0.25) is 0 Å². The largest absolute Gasteiger partial charge is 2.00 e. The first kappa shape index (κ1) is 26.0. The predicted octanol–water partition coefficient (Wildman–Crippen LogP) is -2.81. The summed E-state index contributed by atoms with van der Waals surface area (Å²) in [5.41, 5.74) is 0. The summed E-state index contributed by atoms with van der Waals surface area (Å²) in [6.45, 7) is 0. The average molecular weight is 111 g/mol. The molecule has 0 unspecified atom stereocenters. The SMILES string of the molecule is C[O-].C[O-].[Mg+2].[Mg]. The van der Waals surface area contributed by atoms with Gasteiger partial charge in [0.15, 0.2) is 0 Å². The van der Waals surface area contributed by atoms with Gasteiger partial charge in [-0.3, -0.25) is 0 Å². The van der Waals surface area contributed by atoms with E-state index < -0.39 is 0 Å². The summed E-state index contributed by atoms with van der Waals surface area (Å²) in [7, 11) is 1.50. The Morgan fingerprint density at radius 2 is 0.833 bits per heavy atom. The summed E-state index contributed by atoms with van der Waals surface area (Å²) in [5, 5.41) is 16.5. The molecule has 0 heterocycles. The molecule has 0 amide bonds. The summed E-state index contributed by atoms with van der Waals surface area (Å²) < 4.78 is 0. The zero-order chi connectivity index (χ0) is 4.00. The molecule has 0 aromatic rings. The zero-order valence-corrected chi connectivity index (χ0v) is 7.06. The van der Waals surface area contributed by atoms with E-state index in [2.05, 4.69) is 0 Å². The molecule has 0 aliphatic rings. The van der Waals surface area contributed by atoms with Gasteiger partial charge < -0.3 is 10.2 Å². The molecule has 0 fully saturated rings. The van der Waals surface area contributed by atoms with Gasteiger partial charge in [-0.2, -0.15) is 14.2 Å². The Labute approximate surface area is 70.2 Å². The molecule has 0 aliphatic heterocycles. The van der Waals surface area contributed by atoms with Gasteiger partial charge in [0.05, 0.1) is 0 Å². The van der Waals surface area contributed by atoms with Gasteiger partial charge in [0.25, 0.3) is 0 Å². The van der Waals surface area contributed by atoms with Crippen LogP contribution < -0.4 is 10.2 Å². The number of hydrogen-bond donors (Lipinski definition) is 0. The van der Waals surface area contributed by atoms with Crippen molar-refractivity contribution in [2.24, 2.45) is 0 Å². The van der Waals surface area contributed by atoms with Crippen molar-refractivity contribution in [2.45, 2.75) is 0 Å². The molecule has 0 aliphatic carbocycles. The summed E-state index contributed by atoms with van der Waals surface area (Å²) in [6, 6.07) is 0. The van der Waals surface area contributed by atoms with Gasteiger partial charge in [-0.1, -0.05) is 0 Å². The van der Waals surface area contributed by atoms with Crippen LogP contribution in [0.5, 0.6) is 0 Å². The Morgan fingerprint density at radius 3 is 0.833 bits per heavy atom. The summed E-state index contributed by atoms with van der Waals surface area (Å²) in [6.07, 6.45) is 0. The molecule has 2 radical (unpaired) electrons. The van der Waals surface area contributed by atoms with Crippen LogP contribution in [0.15, 0.2) is 0 Å². The Kier molecular flexibility index (Phi) is 394. The fourth-order valence-corrected chi connectivity index (χ4v) is 0. The van der Waals surface area contributed by atoms with Gasteiger partial charge in [-0.05, 0) is 0 Å². The van der Waals surface area contributed by atoms with Crippen LogP contribution >= 0.6 is 0 Å². The predicted molar refractivity (Wildman–Crippen MR) is 23.4 cm³/mol. The second-order valence-corrected chi connectivity index (χ2v) is 0. The summed E-state index contributed by atoms with van der Waals surface area (Å²) in [5.74, 6) is 0. The fourth-order valence-electron chi connectivity index (χ4n) is 0. The minimum absolute atomic E-state index is 0. The molecule has 0 N–H and O–H groups in total. The van der Waals surface area contributed by atoms with E-state index in [9.17, 15) is 0 Å². The van der Waals surface area contributed by atoms with Crippen molar-refractivity contribution in [3.05, 3.63) is 0 Å². The van der Waals surface area contributed by atoms with E-state index in [1.165, 1.54) is 0 Å². The minimum Gasteiger partial charge on any atom is -0.857 e. The van der Waals surface area contributed by atoms with E-state index in [-0.39, 0.29) is 46.1 Å². The molecule has 0 saturated heterocycles. The van der Waals surface area contributed by atoms with Crippen molar-refractivity contribution < 1.29 is 10.2 Å². The number of hydrogen-bond acceptors (Lipinski definition) is 2. The third-order valence-electron chi connectivity index (χ3n) is 0. The van der Waals surface area contributed by atoms with Gasteiger partial charge in [-0.25, -0.2) is 0 Å². The Bertz CT molecular complexity index is 9.51. The standard InChI is InChI=1S/2CH3O.2Mg/c2*1-2;;/h2*1H3;;/q2*-1;;+2. The Balaban J connectivity index is -0.00000000500. The molecule has 2 nitrogen and oxygen atoms in total. The molecule has 30 valence electrons. The van der Waals surface area contributed by atoms with E-state index >= 15 is 0 Å². The second-order valence-electron chi connectivity index (χ2n) is 0. The van der Waals surface area contributed by atoms with E-state index in [1.807, 2.05) is 0 Å². The van der Waals surface area contributed by atoms with Crippen LogP contribution in [0.1, 0.15) is 0 Å². The summed E-state index contributed by atoms with van der Waals surface area (Å²) in [4.78, 5) is 0. The smallest absolute Gasteiger partial charge is 0.857 e. The van der Waals surface area contributed by atoms with E-state index in [4.69, 9.17) is 10.2 Å². The van der Waals surface area contributed by atoms with Crippen molar-refractivity contribution >= 4 is 46.1 Å². The first-order valence-corrected chi connectivity index (χ1v) is 0.816. The molecule has 0 saturated carbocycles. The molecule has 0 aromatic carbocycles. The molecule has 4 heteroatoms. The van der Waals surface area contributed by atoms with Crippen molar-refractivity contribution in [3.8, 4) is 0 Å². The maximum atomic E-state index is 8.25. The van der Waals surface area contributed by atoms with Crippen LogP contribution in [0.4, 0.5) is 0 Å². The summed E-state index contributed by atoms with van der Waals surface area (Å²) >= 11 is 0. The topological polar surface area (TPSA) is 46.1 Å². The zero-order valence-electron chi connectivity index (χ0n) is 4.23. The maximum absolute atomic E-state index is 8.25. The van der Waals surface area contributed by atoms with Gasteiger partial charge in [0, 0.05) is 23.1 Å². The third-order valence-corrected chi connectivity index (χ3v) is 0. The van der Waals surface area contributed by atoms with E-state index in [0.717, 1.165) is 14.2 Å². The van der Waals surface area contributed by atoms with Crippen LogP contribution in [-0.2, 0) is 0 Å². The third kappa shape index (κ3) is 51.2. The minimum atomic E-state index is 0. The van der Waals surface area contributed by atoms with Gasteiger partial charge in [-0.15, -0.1) is 0 Å². The molecule has 0 rings (SSSR count). The average Bonchev–Trinajstić information content (AvgIpc) is 1.50. The molecular weight excluding hydrogens is 105 g/mol. The second kappa shape index (κ2) is 90.9. The Hall–Kier alpha value is 1.45. The molecule has 0 spiro atoms. The quantitative estimate of drug-likeness (QED) is 0.316. The first-order valence-electron chi connectivity index (χ1n) is 0.816. The Morgan fingerprint density at radius 1 is 0.833 bits per heavy atom. The molecular formula is C2H6Mg2O2. The fraction of sp³-hybridized carbons (Fsp3) is 1.00. The maximum Gasteiger partial charge on any atom is 2.00 e. The van der Waals surface area contributed by atoms with Crippen LogP contribution in [-0.4, -0.2) is 60.3 Å². The van der Waals surface area contributed by atoms with Gasteiger partial charge >= 0.3 is 23.1 Å². The van der Waals surface area contributed by atoms with Gasteiger partial charge in [0.1, 0.15) is 0 Å². The van der Waals surface area contributed by atoms with Crippen LogP contribution in [0.2, 0.25) is 0 Å². The normalized spacial score (nSPS) is 2.00. The number of rotatable bonds is 0. The first-order chi connectivity index (χ1) is 2.00. The van der Waals surface area contributed by atoms with Crippen molar-refractivity contribution in [1.82, 2.24) is 0 Å². The molecule has 0 bridgehead atoms.